The molecule has 0 saturated heterocycles. The summed E-state index contributed by atoms with van der Waals surface area (Å²) in [6.45, 7) is 0.941. The monoisotopic (exact) mass is 311 g/mol. The van der Waals surface area contributed by atoms with Gasteiger partial charge in [-0.15, -0.1) is 0 Å². The van der Waals surface area contributed by atoms with Crippen molar-refractivity contribution >= 4 is 27.6 Å². The number of nitrogens with zero attached hydrogens (tertiary/aromatic N) is 1. The number of hydrogen-bond acceptors (Lipinski definition) is 2. The molecule has 0 amide bonds. The molecule has 0 aliphatic heterocycles. The van der Waals surface area contributed by atoms with Crippen molar-refractivity contribution in [3.63, 3.8) is 0 Å². The fourth-order valence-electron chi connectivity index (χ4n) is 2.72. The summed E-state index contributed by atoms with van der Waals surface area (Å²) in [5.74, 6) is -0.175. The molecule has 4 heteroatoms. The van der Waals surface area contributed by atoms with Crippen LogP contribution in [0.3, 0.4) is 0 Å². The number of aromatic carboxylic acids is 1. The van der Waals surface area contributed by atoms with Crippen LogP contribution < -0.4 is 4.90 Å². The van der Waals surface area contributed by atoms with E-state index in [2.05, 4.69) is 20.8 Å². The second-order valence-electron chi connectivity index (χ2n) is 4.97. The molecule has 2 rings (SSSR count). The van der Waals surface area contributed by atoms with Crippen LogP contribution in [-0.4, -0.2) is 24.7 Å². The number of carboxylic acids is 1. The normalized spacial score (nSPS) is 15.9. The zero-order chi connectivity index (χ0) is 13.1. The van der Waals surface area contributed by atoms with Gasteiger partial charge in [0.15, 0.2) is 0 Å². The van der Waals surface area contributed by atoms with Gasteiger partial charge in [-0.05, 0) is 46.8 Å². The van der Waals surface area contributed by atoms with Crippen LogP contribution in [0.2, 0.25) is 0 Å². The fraction of sp³-hybridized carbons (Fsp3) is 0.500. The van der Waals surface area contributed by atoms with Crippen LogP contribution in [0.1, 0.15) is 36.0 Å². The third kappa shape index (κ3) is 2.86. The summed E-state index contributed by atoms with van der Waals surface area (Å²) in [6.07, 6.45) is 5.15. The van der Waals surface area contributed by atoms with E-state index in [-0.39, 0.29) is 0 Å². The largest absolute Gasteiger partial charge is 0.478 e. The highest BCUT2D eigenvalue weighted by Gasteiger charge is 2.21. The van der Waals surface area contributed by atoms with E-state index in [1.807, 2.05) is 19.2 Å². The standard InChI is InChI=1S/C14H18BrNO2/c1-16(9-10-5-2-3-6-10)12-8-4-7-11(15)13(12)14(17)18/h4,7-8,10H,2-3,5-6,9H2,1H3,(H,17,18). The van der Waals surface area contributed by atoms with E-state index < -0.39 is 5.97 Å². The Balaban J connectivity index is 2.20. The first-order chi connectivity index (χ1) is 8.59. The Kier molecular flexibility index (Phi) is 4.27. The highest BCUT2D eigenvalue weighted by atomic mass is 79.9. The highest BCUT2D eigenvalue weighted by molar-refractivity contribution is 9.10. The van der Waals surface area contributed by atoms with E-state index in [1.165, 1.54) is 25.7 Å². The van der Waals surface area contributed by atoms with E-state index in [9.17, 15) is 9.90 Å². The Morgan fingerprint density at radius 1 is 1.44 bits per heavy atom. The average molecular weight is 312 g/mol. The average Bonchev–Trinajstić information content (AvgIpc) is 2.80. The zero-order valence-electron chi connectivity index (χ0n) is 10.5. The molecule has 98 valence electrons. The van der Waals surface area contributed by atoms with Crippen LogP contribution in [0, 0.1) is 5.92 Å². The van der Waals surface area contributed by atoms with Crippen molar-refractivity contribution in [2.45, 2.75) is 25.7 Å². The lowest BCUT2D eigenvalue weighted by Gasteiger charge is -2.25. The van der Waals surface area contributed by atoms with Gasteiger partial charge in [-0.1, -0.05) is 18.9 Å². The predicted molar refractivity (Wildman–Crippen MR) is 76.3 cm³/mol. The minimum absolute atomic E-state index is 0.359. The van der Waals surface area contributed by atoms with Gasteiger partial charge in [-0.25, -0.2) is 4.79 Å². The molecule has 1 aliphatic carbocycles. The summed E-state index contributed by atoms with van der Waals surface area (Å²) < 4.78 is 0.644. The first-order valence-corrected chi connectivity index (χ1v) is 7.12. The van der Waals surface area contributed by atoms with Gasteiger partial charge in [0.05, 0.1) is 11.3 Å². The van der Waals surface area contributed by atoms with E-state index >= 15 is 0 Å². The number of benzene rings is 1. The summed E-state index contributed by atoms with van der Waals surface area (Å²) in [7, 11) is 1.98. The molecule has 1 N–H and O–H groups in total. The molecule has 1 fully saturated rings. The molecule has 1 aliphatic rings. The SMILES string of the molecule is CN(CC1CCCC1)c1cccc(Br)c1C(=O)O. The quantitative estimate of drug-likeness (QED) is 0.920. The maximum atomic E-state index is 11.3. The van der Waals surface area contributed by atoms with Gasteiger partial charge >= 0.3 is 5.97 Å². The topological polar surface area (TPSA) is 40.5 Å². The molecule has 0 atom stereocenters. The highest BCUT2D eigenvalue weighted by Crippen LogP contribution is 2.30. The molecular weight excluding hydrogens is 294 g/mol. The van der Waals surface area contributed by atoms with Crippen LogP contribution in [0.25, 0.3) is 0 Å². The number of carboxylic acid groups (broad SMARTS) is 1. The van der Waals surface area contributed by atoms with Crippen LogP contribution >= 0.6 is 15.9 Å². The first-order valence-electron chi connectivity index (χ1n) is 6.32. The Hall–Kier alpha value is -1.03. The lowest BCUT2D eigenvalue weighted by molar-refractivity contribution is 0.0696. The number of hydrogen-bond donors (Lipinski definition) is 1. The molecule has 0 heterocycles. The summed E-state index contributed by atoms with van der Waals surface area (Å²) in [5.41, 5.74) is 1.15. The van der Waals surface area contributed by atoms with Gasteiger partial charge in [0.1, 0.15) is 0 Å². The predicted octanol–water partition coefficient (Wildman–Crippen LogP) is 3.77. The Morgan fingerprint density at radius 3 is 2.72 bits per heavy atom. The Bertz CT molecular complexity index is 441. The minimum atomic E-state index is -0.879. The van der Waals surface area contributed by atoms with Gasteiger partial charge in [0, 0.05) is 18.1 Å². The molecule has 0 spiro atoms. The van der Waals surface area contributed by atoms with Crippen molar-refractivity contribution in [1.82, 2.24) is 0 Å². The Labute approximate surface area is 116 Å². The lowest BCUT2D eigenvalue weighted by Crippen LogP contribution is -2.25. The molecule has 1 aromatic carbocycles. The molecule has 0 bridgehead atoms. The van der Waals surface area contributed by atoms with E-state index in [0.29, 0.717) is 16.0 Å². The first kappa shape index (κ1) is 13.4. The van der Waals surface area contributed by atoms with Crippen molar-refractivity contribution in [3.8, 4) is 0 Å². The van der Waals surface area contributed by atoms with Gasteiger partial charge < -0.3 is 10.0 Å². The number of rotatable bonds is 4. The molecule has 0 radical (unpaired) electrons. The van der Waals surface area contributed by atoms with Crippen LogP contribution in [-0.2, 0) is 0 Å². The zero-order valence-corrected chi connectivity index (χ0v) is 12.1. The minimum Gasteiger partial charge on any atom is -0.478 e. The van der Waals surface area contributed by atoms with E-state index in [1.54, 1.807) is 6.07 Å². The third-order valence-electron chi connectivity index (χ3n) is 3.62. The van der Waals surface area contributed by atoms with Gasteiger partial charge in [-0.2, -0.15) is 0 Å². The molecular formula is C14H18BrNO2. The van der Waals surface area contributed by atoms with Crippen LogP contribution in [0.5, 0.6) is 0 Å². The van der Waals surface area contributed by atoms with Crippen molar-refractivity contribution < 1.29 is 9.90 Å². The van der Waals surface area contributed by atoms with Crippen molar-refractivity contribution in [3.05, 3.63) is 28.2 Å². The number of carbonyl (C=O) groups is 1. The molecule has 3 nitrogen and oxygen atoms in total. The van der Waals surface area contributed by atoms with Crippen molar-refractivity contribution in [1.29, 1.82) is 0 Å². The molecule has 1 saturated carbocycles. The van der Waals surface area contributed by atoms with E-state index in [0.717, 1.165) is 12.2 Å². The smallest absolute Gasteiger partial charge is 0.338 e. The van der Waals surface area contributed by atoms with E-state index in [4.69, 9.17) is 0 Å². The molecule has 0 aromatic heterocycles. The van der Waals surface area contributed by atoms with Crippen LogP contribution in [0.4, 0.5) is 5.69 Å². The van der Waals surface area contributed by atoms with Gasteiger partial charge in [0.2, 0.25) is 0 Å². The van der Waals surface area contributed by atoms with Crippen LogP contribution in [0.15, 0.2) is 22.7 Å². The summed E-state index contributed by atoms with van der Waals surface area (Å²) in [6, 6.07) is 5.54. The third-order valence-corrected chi connectivity index (χ3v) is 4.28. The molecule has 1 aromatic rings. The number of halogens is 1. The maximum Gasteiger partial charge on any atom is 0.338 e. The second kappa shape index (κ2) is 5.74. The molecule has 0 unspecified atom stereocenters. The molecule has 18 heavy (non-hydrogen) atoms. The van der Waals surface area contributed by atoms with Gasteiger partial charge in [0.25, 0.3) is 0 Å². The van der Waals surface area contributed by atoms with Gasteiger partial charge in [-0.3, -0.25) is 0 Å². The fourth-order valence-corrected chi connectivity index (χ4v) is 3.25. The number of anilines is 1. The summed E-state index contributed by atoms with van der Waals surface area (Å²) in [4.78, 5) is 13.4. The summed E-state index contributed by atoms with van der Waals surface area (Å²) >= 11 is 3.32. The lowest BCUT2D eigenvalue weighted by atomic mass is 10.1. The summed E-state index contributed by atoms with van der Waals surface area (Å²) in [5, 5.41) is 9.30. The Morgan fingerprint density at radius 2 is 2.11 bits per heavy atom. The second-order valence-corrected chi connectivity index (χ2v) is 5.82. The van der Waals surface area contributed by atoms with Crippen molar-refractivity contribution in [2.24, 2.45) is 5.92 Å². The van der Waals surface area contributed by atoms with Crippen molar-refractivity contribution in [2.75, 3.05) is 18.5 Å². The maximum absolute atomic E-state index is 11.3.